The Labute approximate surface area is 70.6 Å². The van der Waals surface area contributed by atoms with E-state index in [1.165, 1.54) is 6.42 Å². The molecule has 1 rings (SSSR count). The molecule has 1 N–H and O–H groups in total. The molecule has 1 saturated carbocycles. The number of nitrogens with one attached hydrogen (secondary N) is 1. The summed E-state index contributed by atoms with van der Waals surface area (Å²) >= 11 is 0. The Morgan fingerprint density at radius 3 is 2.18 bits per heavy atom. The smallest absolute Gasteiger partial charge is 0.0126 e. The van der Waals surface area contributed by atoms with Crippen LogP contribution < -0.4 is 5.32 Å². The van der Waals surface area contributed by atoms with Gasteiger partial charge in [-0.2, -0.15) is 0 Å². The van der Waals surface area contributed by atoms with Gasteiger partial charge in [0.25, 0.3) is 0 Å². The largest absolute Gasteiger partial charge is 0.311 e. The summed E-state index contributed by atoms with van der Waals surface area (Å²) in [6.45, 7) is 11.5. The van der Waals surface area contributed by atoms with E-state index in [0.29, 0.717) is 11.5 Å². The Hall–Kier alpha value is -0.0400. The van der Waals surface area contributed by atoms with Gasteiger partial charge in [-0.1, -0.05) is 34.6 Å². The first kappa shape index (κ1) is 9.05. The summed E-state index contributed by atoms with van der Waals surface area (Å²) in [6.07, 6.45) is 1.35. The van der Waals surface area contributed by atoms with Crippen LogP contribution in [0.1, 0.15) is 41.0 Å². The SMILES string of the molecule is CC(C)N[C@H]1C[C@@H](C)C1(C)C. The van der Waals surface area contributed by atoms with Crippen molar-refractivity contribution in [3.8, 4) is 0 Å². The summed E-state index contributed by atoms with van der Waals surface area (Å²) in [7, 11) is 0. The molecular weight excluding hydrogens is 134 g/mol. The maximum Gasteiger partial charge on any atom is 0.0126 e. The van der Waals surface area contributed by atoms with Crippen LogP contribution in [0, 0.1) is 11.3 Å². The molecular formula is C10H21N. The Morgan fingerprint density at radius 1 is 1.36 bits per heavy atom. The van der Waals surface area contributed by atoms with Gasteiger partial charge in [0, 0.05) is 12.1 Å². The molecule has 1 fully saturated rings. The average Bonchev–Trinajstić information content (AvgIpc) is 1.87. The van der Waals surface area contributed by atoms with Crippen molar-refractivity contribution >= 4 is 0 Å². The highest BCUT2D eigenvalue weighted by Gasteiger charge is 2.44. The maximum atomic E-state index is 3.60. The monoisotopic (exact) mass is 155 g/mol. The van der Waals surface area contributed by atoms with Crippen LogP contribution in [0.2, 0.25) is 0 Å². The molecule has 0 bridgehead atoms. The van der Waals surface area contributed by atoms with E-state index in [1.807, 2.05) is 0 Å². The molecule has 0 aliphatic heterocycles. The first-order valence-electron chi connectivity index (χ1n) is 4.70. The molecule has 0 aromatic rings. The Bertz CT molecular complexity index is 138. The molecule has 0 saturated heterocycles. The minimum atomic E-state index is 0.518. The molecule has 1 nitrogen and oxygen atoms in total. The van der Waals surface area contributed by atoms with Crippen LogP contribution in [0.25, 0.3) is 0 Å². The number of hydrogen-bond donors (Lipinski definition) is 1. The topological polar surface area (TPSA) is 12.0 Å². The fourth-order valence-corrected chi connectivity index (χ4v) is 1.83. The molecule has 0 radical (unpaired) electrons. The van der Waals surface area contributed by atoms with Gasteiger partial charge in [0.15, 0.2) is 0 Å². The Kier molecular flexibility index (Phi) is 2.29. The van der Waals surface area contributed by atoms with E-state index >= 15 is 0 Å². The Balaban J connectivity index is 2.40. The van der Waals surface area contributed by atoms with Gasteiger partial charge in [-0.05, 0) is 17.8 Å². The molecule has 0 heterocycles. The highest BCUT2D eigenvalue weighted by molar-refractivity contribution is 4.99. The van der Waals surface area contributed by atoms with Crippen molar-refractivity contribution in [2.24, 2.45) is 11.3 Å². The average molecular weight is 155 g/mol. The van der Waals surface area contributed by atoms with Crippen molar-refractivity contribution in [1.29, 1.82) is 0 Å². The molecule has 0 aromatic carbocycles. The van der Waals surface area contributed by atoms with Crippen LogP contribution >= 0.6 is 0 Å². The second-order valence-corrected chi connectivity index (χ2v) is 4.83. The van der Waals surface area contributed by atoms with Gasteiger partial charge >= 0.3 is 0 Å². The minimum absolute atomic E-state index is 0.518. The standard InChI is InChI=1S/C10H21N/c1-7(2)11-9-6-8(3)10(9,4)5/h7-9,11H,6H2,1-5H3/t8-,9+/m1/s1. The van der Waals surface area contributed by atoms with Crippen molar-refractivity contribution in [1.82, 2.24) is 5.32 Å². The van der Waals surface area contributed by atoms with Crippen molar-refractivity contribution < 1.29 is 0 Å². The van der Waals surface area contributed by atoms with E-state index in [9.17, 15) is 0 Å². The van der Waals surface area contributed by atoms with Crippen molar-refractivity contribution in [3.63, 3.8) is 0 Å². The van der Waals surface area contributed by atoms with Gasteiger partial charge < -0.3 is 5.32 Å². The van der Waals surface area contributed by atoms with E-state index in [0.717, 1.165) is 12.0 Å². The lowest BCUT2D eigenvalue weighted by atomic mass is 9.59. The van der Waals surface area contributed by atoms with Crippen molar-refractivity contribution in [2.75, 3.05) is 0 Å². The molecule has 1 aliphatic rings. The lowest BCUT2D eigenvalue weighted by Gasteiger charge is -2.52. The van der Waals surface area contributed by atoms with Crippen LogP contribution in [0.3, 0.4) is 0 Å². The van der Waals surface area contributed by atoms with Crippen molar-refractivity contribution in [3.05, 3.63) is 0 Å². The van der Waals surface area contributed by atoms with Crippen LogP contribution in [0.5, 0.6) is 0 Å². The van der Waals surface area contributed by atoms with Crippen molar-refractivity contribution in [2.45, 2.75) is 53.1 Å². The number of rotatable bonds is 2. The van der Waals surface area contributed by atoms with Gasteiger partial charge in [-0.3, -0.25) is 0 Å². The van der Waals surface area contributed by atoms with Gasteiger partial charge in [-0.25, -0.2) is 0 Å². The van der Waals surface area contributed by atoms with Gasteiger partial charge in [0.1, 0.15) is 0 Å². The van der Waals surface area contributed by atoms with E-state index in [2.05, 4.69) is 39.9 Å². The third-order valence-electron chi connectivity index (χ3n) is 3.29. The summed E-state index contributed by atoms with van der Waals surface area (Å²) in [6, 6.07) is 1.38. The van der Waals surface area contributed by atoms with Crippen LogP contribution in [0.15, 0.2) is 0 Å². The predicted molar refractivity (Wildman–Crippen MR) is 49.6 cm³/mol. The highest BCUT2D eigenvalue weighted by Crippen LogP contribution is 2.45. The normalized spacial score (nSPS) is 35.5. The number of hydrogen-bond acceptors (Lipinski definition) is 1. The van der Waals surface area contributed by atoms with Crippen LogP contribution in [-0.2, 0) is 0 Å². The second kappa shape index (κ2) is 2.78. The quantitative estimate of drug-likeness (QED) is 0.645. The van der Waals surface area contributed by atoms with E-state index in [1.54, 1.807) is 0 Å². The summed E-state index contributed by atoms with van der Waals surface area (Å²) in [5.74, 6) is 0.888. The van der Waals surface area contributed by atoms with E-state index in [4.69, 9.17) is 0 Å². The fourth-order valence-electron chi connectivity index (χ4n) is 1.83. The molecule has 66 valence electrons. The molecule has 0 unspecified atom stereocenters. The highest BCUT2D eigenvalue weighted by atomic mass is 15.0. The zero-order chi connectivity index (χ0) is 8.65. The summed E-state index contributed by atoms with van der Waals surface area (Å²) in [5.41, 5.74) is 0.518. The summed E-state index contributed by atoms with van der Waals surface area (Å²) in [4.78, 5) is 0. The first-order chi connectivity index (χ1) is 4.94. The summed E-state index contributed by atoms with van der Waals surface area (Å²) < 4.78 is 0. The van der Waals surface area contributed by atoms with Gasteiger partial charge in [0.2, 0.25) is 0 Å². The fraction of sp³-hybridized carbons (Fsp3) is 1.00. The lowest BCUT2D eigenvalue weighted by molar-refractivity contribution is 0.0226. The van der Waals surface area contributed by atoms with E-state index < -0.39 is 0 Å². The third kappa shape index (κ3) is 1.58. The van der Waals surface area contributed by atoms with E-state index in [-0.39, 0.29) is 0 Å². The van der Waals surface area contributed by atoms with Crippen LogP contribution in [-0.4, -0.2) is 12.1 Å². The zero-order valence-corrected chi connectivity index (χ0v) is 8.44. The van der Waals surface area contributed by atoms with Gasteiger partial charge in [0.05, 0.1) is 0 Å². The molecule has 0 amide bonds. The summed E-state index contributed by atoms with van der Waals surface area (Å²) in [5, 5.41) is 3.60. The Morgan fingerprint density at radius 2 is 1.91 bits per heavy atom. The molecule has 0 aromatic heterocycles. The van der Waals surface area contributed by atoms with Crippen LogP contribution in [0.4, 0.5) is 0 Å². The van der Waals surface area contributed by atoms with Gasteiger partial charge in [-0.15, -0.1) is 0 Å². The molecule has 1 aliphatic carbocycles. The minimum Gasteiger partial charge on any atom is -0.311 e. The zero-order valence-electron chi connectivity index (χ0n) is 8.44. The molecule has 2 atom stereocenters. The molecule has 0 spiro atoms. The lowest BCUT2D eigenvalue weighted by Crippen LogP contribution is -2.57. The molecule has 11 heavy (non-hydrogen) atoms. The first-order valence-corrected chi connectivity index (χ1v) is 4.70. The third-order valence-corrected chi connectivity index (χ3v) is 3.29. The second-order valence-electron chi connectivity index (χ2n) is 4.83. The maximum absolute atomic E-state index is 3.60. The predicted octanol–water partition coefficient (Wildman–Crippen LogP) is 2.42. The molecule has 1 heteroatoms.